The molecule has 90 valence electrons. The molecule has 0 aliphatic rings. The second-order valence-corrected chi connectivity index (χ2v) is 4.24. The number of methoxy groups -OCH3 is 2. The molecule has 1 unspecified atom stereocenters. The van der Waals surface area contributed by atoms with Crippen molar-refractivity contribution >= 4 is 0 Å². The molecular formula is C13H21NO2. The predicted molar refractivity (Wildman–Crippen MR) is 66.4 cm³/mol. The number of benzene rings is 1. The monoisotopic (exact) mass is 223 g/mol. The summed E-state index contributed by atoms with van der Waals surface area (Å²) in [5.41, 5.74) is 1.23. The molecule has 0 radical (unpaired) electrons. The Labute approximate surface area is 98.0 Å². The normalized spacial score (nSPS) is 12.6. The van der Waals surface area contributed by atoms with Crippen LogP contribution in [-0.4, -0.2) is 39.3 Å². The summed E-state index contributed by atoms with van der Waals surface area (Å²) in [7, 11) is 7.52. The molecule has 1 atom stereocenters. The van der Waals surface area contributed by atoms with Gasteiger partial charge in [-0.25, -0.2) is 0 Å². The van der Waals surface area contributed by atoms with E-state index in [4.69, 9.17) is 9.47 Å². The molecule has 3 heteroatoms. The highest BCUT2D eigenvalue weighted by Crippen LogP contribution is 2.23. The fourth-order valence-corrected chi connectivity index (χ4v) is 1.51. The summed E-state index contributed by atoms with van der Waals surface area (Å²) >= 11 is 0. The molecule has 1 aromatic rings. The maximum atomic E-state index is 5.25. The Hall–Kier alpha value is -1.22. The van der Waals surface area contributed by atoms with E-state index in [2.05, 4.69) is 38.1 Å². The van der Waals surface area contributed by atoms with Crippen molar-refractivity contribution in [3.8, 4) is 11.5 Å². The summed E-state index contributed by atoms with van der Waals surface area (Å²) in [4.78, 5) is 2.20. The topological polar surface area (TPSA) is 21.7 Å². The molecule has 1 rings (SSSR count). The number of ether oxygens (including phenoxy) is 2. The molecule has 0 bridgehead atoms. The van der Waals surface area contributed by atoms with E-state index >= 15 is 0 Å². The molecule has 1 aromatic carbocycles. The zero-order chi connectivity index (χ0) is 12.1. The lowest BCUT2D eigenvalue weighted by molar-refractivity contribution is 0.311. The average molecular weight is 223 g/mol. The zero-order valence-corrected chi connectivity index (χ0v) is 10.8. The lowest BCUT2D eigenvalue weighted by atomic mass is 10.1. The molecular weight excluding hydrogens is 202 g/mol. The van der Waals surface area contributed by atoms with Crippen molar-refractivity contribution in [2.45, 2.75) is 19.4 Å². The summed E-state index contributed by atoms with van der Waals surface area (Å²) in [6.45, 7) is 2.20. The van der Waals surface area contributed by atoms with Crippen molar-refractivity contribution in [3.05, 3.63) is 23.8 Å². The number of likely N-dealkylation sites (N-methyl/N-ethyl adjacent to an activating group) is 1. The molecule has 0 fully saturated rings. The maximum absolute atomic E-state index is 5.25. The van der Waals surface area contributed by atoms with Crippen LogP contribution in [0.3, 0.4) is 0 Å². The van der Waals surface area contributed by atoms with Crippen molar-refractivity contribution in [2.24, 2.45) is 0 Å². The van der Waals surface area contributed by atoms with Crippen molar-refractivity contribution in [3.63, 3.8) is 0 Å². The van der Waals surface area contributed by atoms with Crippen molar-refractivity contribution in [1.82, 2.24) is 4.90 Å². The van der Waals surface area contributed by atoms with E-state index in [1.54, 1.807) is 14.2 Å². The molecule has 16 heavy (non-hydrogen) atoms. The van der Waals surface area contributed by atoms with Gasteiger partial charge in [0, 0.05) is 12.1 Å². The van der Waals surface area contributed by atoms with Gasteiger partial charge in [-0.05, 0) is 45.1 Å². The first-order valence-electron chi connectivity index (χ1n) is 5.45. The van der Waals surface area contributed by atoms with E-state index in [0.29, 0.717) is 6.04 Å². The fraction of sp³-hybridized carbons (Fsp3) is 0.538. The van der Waals surface area contributed by atoms with Crippen LogP contribution in [0, 0.1) is 0 Å². The second kappa shape index (κ2) is 5.75. The van der Waals surface area contributed by atoms with Crippen LogP contribution < -0.4 is 9.47 Å². The summed E-state index contributed by atoms with van der Waals surface area (Å²) in [6, 6.07) is 6.51. The first kappa shape index (κ1) is 12.8. The van der Waals surface area contributed by atoms with Gasteiger partial charge in [-0.2, -0.15) is 0 Å². The Morgan fingerprint density at radius 3 is 1.94 bits per heavy atom. The van der Waals surface area contributed by atoms with E-state index in [1.165, 1.54) is 5.56 Å². The van der Waals surface area contributed by atoms with Gasteiger partial charge in [-0.1, -0.05) is 0 Å². The number of hydrogen-bond donors (Lipinski definition) is 0. The van der Waals surface area contributed by atoms with E-state index in [9.17, 15) is 0 Å². The Morgan fingerprint density at radius 2 is 1.56 bits per heavy atom. The first-order valence-corrected chi connectivity index (χ1v) is 5.45. The van der Waals surface area contributed by atoms with Crippen LogP contribution >= 0.6 is 0 Å². The molecule has 0 amide bonds. The van der Waals surface area contributed by atoms with Gasteiger partial charge in [-0.15, -0.1) is 0 Å². The molecule has 0 spiro atoms. The quantitative estimate of drug-likeness (QED) is 0.764. The highest BCUT2D eigenvalue weighted by molar-refractivity contribution is 5.38. The van der Waals surface area contributed by atoms with E-state index < -0.39 is 0 Å². The number of rotatable bonds is 5. The average Bonchev–Trinajstić information content (AvgIpc) is 2.28. The summed E-state index contributed by atoms with van der Waals surface area (Å²) in [5.74, 6) is 1.70. The Morgan fingerprint density at radius 1 is 1.06 bits per heavy atom. The minimum absolute atomic E-state index is 0.497. The smallest absolute Gasteiger partial charge is 0.122 e. The van der Waals surface area contributed by atoms with Gasteiger partial charge in [-0.3, -0.25) is 0 Å². The summed E-state index contributed by atoms with van der Waals surface area (Å²) in [6.07, 6.45) is 0.987. The summed E-state index contributed by atoms with van der Waals surface area (Å²) in [5, 5.41) is 0. The van der Waals surface area contributed by atoms with Crippen LogP contribution in [0.5, 0.6) is 11.5 Å². The maximum Gasteiger partial charge on any atom is 0.122 e. The fourth-order valence-electron chi connectivity index (χ4n) is 1.51. The minimum atomic E-state index is 0.497. The number of nitrogens with zero attached hydrogens (tertiary/aromatic N) is 1. The Bertz CT molecular complexity index is 314. The lowest BCUT2D eigenvalue weighted by Crippen LogP contribution is -2.26. The standard InChI is InChI=1S/C13H21NO2/c1-10(14(2)3)6-11-7-12(15-4)9-13(8-11)16-5/h7-10H,6H2,1-5H3. The Balaban J connectivity index is 2.86. The number of hydrogen-bond acceptors (Lipinski definition) is 3. The van der Waals surface area contributed by atoms with Crippen LogP contribution in [0.4, 0.5) is 0 Å². The van der Waals surface area contributed by atoms with Crippen molar-refractivity contribution in [1.29, 1.82) is 0 Å². The molecule has 0 aliphatic heterocycles. The predicted octanol–water partition coefficient (Wildman–Crippen LogP) is 2.20. The highest BCUT2D eigenvalue weighted by atomic mass is 16.5. The second-order valence-electron chi connectivity index (χ2n) is 4.24. The first-order chi connectivity index (χ1) is 7.56. The van der Waals surface area contributed by atoms with Crippen molar-refractivity contribution in [2.75, 3.05) is 28.3 Å². The molecule has 0 aromatic heterocycles. The van der Waals surface area contributed by atoms with Gasteiger partial charge in [0.15, 0.2) is 0 Å². The third kappa shape index (κ3) is 3.42. The third-order valence-electron chi connectivity index (χ3n) is 2.82. The van der Waals surface area contributed by atoms with Gasteiger partial charge in [0.25, 0.3) is 0 Å². The van der Waals surface area contributed by atoms with Gasteiger partial charge < -0.3 is 14.4 Å². The van der Waals surface area contributed by atoms with Gasteiger partial charge in [0.1, 0.15) is 11.5 Å². The molecule has 0 N–H and O–H groups in total. The third-order valence-corrected chi connectivity index (χ3v) is 2.82. The van der Waals surface area contributed by atoms with Crippen LogP contribution in [0.15, 0.2) is 18.2 Å². The SMILES string of the molecule is COc1cc(CC(C)N(C)C)cc(OC)c1. The van der Waals surface area contributed by atoms with Crippen LogP contribution in [0.2, 0.25) is 0 Å². The Kier molecular flexibility index (Phi) is 4.62. The van der Waals surface area contributed by atoms with Crippen LogP contribution in [0.25, 0.3) is 0 Å². The van der Waals surface area contributed by atoms with Gasteiger partial charge in [0.05, 0.1) is 14.2 Å². The van der Waals surface area contributed by atoms with Gasteiger partial charge >= 0.3 is 0 Å². The highest BCUT2D eigenvalue weighted by Gasteiger charge is 2.08. The van der Waals surface area contributed by atoms with E-state index in [-0.39, 0.29) is 0 Å². The van der Waals surface area contributed by atoms with Gasteiger partial charge in [0.2, 0.25) is 0 Å². The van der Waals surface area contributed by atoms with Crippen LogP contribution in [-0.2, 0) is 6.42 Å². The lowest BCUT2D eigenvalue weighted by Gasteiger charge is -2.20. The molecule has 0 saturated carbocycles. The molecule has 0 aliphatic carbocycles. The van der Waals surface area contributed by atoms with E-state index in [0.717, 1.165) is 17.9 Å². The molecule has 0 heterocycles. The van der Waals surface area contributed by atoms with Crippen LogP contribution in [0.1, 0.15) is 12.5 Å². The zero-order valence-electron chi connectivity index (χ0n) is 10.8. The van der Waals surface area contributed by atoms with Crippen molar-refractivity contribution < 1.29 is 9.47 Å². The van der Waals surface area contributed by atoms with E-state index in [1.807, 2.05) is 6.07 Å². The summed E-state index contributed by atoms with van der Waals surface area (Å²) < 4.78 is 10.5. The minimum Gasteiger partial charge on any atom is -0.497 e. The molecule has 3 nitrogen and oxygen atoms in total. The largest absolute Gasteiger partial charge is 0.497 e. The molecule has 0 saturated heterocycles.